The first-order valence-electron chi connectivity index (χ1n) is 8.49. The van der Waals surface area contributed by atoms with Gasteiger partial charge in [-0.05, 0) is 54.7 Å². The zero-order chi connectivity index (χ0) is 18.1. The van der Waals surface area contributed by atoms with Gasteiger partial charge in [0.15, 0.2) is 0 Å². The van der Waals surface area contributed by atoms with Crippen LogP contribution in [0.1, 0.15) is 37.2 Å². The molecule has 1 aliphatic rings. The SMILES string of the molecule is FC(F)(F)Oc1ccc(Oc2cc(C3CCCC3)cc3nccn23)cc1. The van der Waals surface area contributed by atoms with E-state index in [-0.39, 0.29) is 5.75 Å². The molecule has 1 fully saturated rings. The third-order valence-corrected chi connectivity index (χ3v) is 4.60. The highest BCUT2D eigenvalue weighted by molar-refractivity contribution is 5.48. The molecule has 0 amide bonds. The maximum Gasteiger partial charge on any atom is 0.573 e. The summed E-state index contributed by atoms with van der Waals surface area (Å²) in [5, 5.41) is 0. The van der Waals surface area contributed by atoms with Gasteiger partial charge in [0.1, 0.15) is 17.1 Å². The van der Waals surface area contributed by atoms with Gasteiger partial charge in [0.2, 0.25) is 5.88 Å². The van der Waals surface area contributed by atoms with Crippen LogP contribution in [0.2, 0.25) is 0 Å². The van der Waals surface area contributed by atoms with E-state index in [0.29, 0.717) is 17.5 Å². The Kier molecular flexibility index (Phi) is 4.22. The molecule has 4 rings (SSSR count). The number of nitrogens with zero attached hydrogens (tertiary/aromatic N) is 2. The Morgan fingerprint density at radius 2 is 1.69 bits per heavy atom. The average molecular weight is 362 g/mol. The highest BCUT2D eigenvalue weighted by Gasteiger charge is 2.31. The van der Waals surface area contributed by atoms with Gasteiger partial charge in [-0.15, -0.1) is 13.2 Å². The summed E-state index contributed by atoms with van der Waals surface area (Å²) in [6.45, 7) is 0. The van der Waals surface area contributed by atoms with Gasteiger partial charge in [-0.25, -0.2) is 4.98 Å². The summed E-state index contributed by atoms with van der Waals surface area (Å²) in [6.07, 6.45) is 3.54. The van der Waals surface area contributed by atoms with Gasteiger partial charge >= 0.3 is 6.36 Å². The molecule has 0 spiro atoms. The number of hydrogen-bond acceptors (Lipinski definition) is 3. The van der Waals surface area contributed by atoms with Crippen molar-refractivity contribution in [3.63, 3.8) is 0 Å². The predicted molar refractivity (Wildman–Crippen MR) is 89.6 cm³/mol. The Morgan fingerprint density at radius 3 is 2.38 bits per heavy atom. The van der Waals surface area contributed by atoms with Crippen molar-refractivity contribution in [2.45, 2.75) is 38.0 Å². The van der Waals surface area contributed by atoms with Gasteiger partial charge in [0, 0.05) is 18.5 Å². The topological polar surface area (TPSA) is 35.8 Å². The van der Waals surface area contributed by atoms with Gasteiger partial charge < -0.3 is 9.47 Å². The van der Waals surface area contributed by atoms with E-state index in [2.05, 4.69) is 15.8 Å². The minimum absolute atomic E-state index is 0.280. The van der Waals surface area contributed by atoms with Crippen molar-refractivity contribution in [3.05, 3.63) is 54.4 Å². The van der Waals surface area contributed by atoms with E-state index >= 15 is 0 Å². The van der Waals surface area contributed by atoms with Gasteiger partial charge in [-0.3, -0.25) is 4.40 Å². The van der Waals surface area contributed by atoms with E-state index in [1.165, 1.54) is 42.7 Å². The number of aromatic nitrogens is 2. The first kappa shape index (κ1) is 16.8. The molecule has 1 saturated carbocycles. The zero-order valence-corrected chi connectivity index (χ0v) is 13.9. The number of fused-ring (bicyclic) bond motifs is 1. The lowest BCUT2D eigenvalue weighted by atomic mass is 9.99. The minimum Gasteiger partial charge on any atom is -0.440 e. The molecular weight excluding hydrogens is 345 g/mol. The van der Waals surface area contributed by atoms with Crippen LogP contribution >= 0.6 is 0 Å². The first-order valence-corrected chi connectivity index (χ1v) is 8.49. The van der Waals surface area contributed by atoms with E-state index in [4.69, 9.17) is 4.74 Å². The van der Waals surface area contributed by atoms with Crippen molar-refractivity contribution < 1.29 is 22.6 Å². The molecule has 2 heterocycles. The fraction of sp³-hybridized carbons (Fsp3) is 0.316. The summed E-state index contributed by atoms with van der Waals surface area (Å²) in [7, 11) is 0. The second-order valence-corrected chi connectivity index (χ2v) is 6.39. The van der Waals surface area contributed by atoms with Crippen LogP contribution in [-0.2, 0) is 0 Å². The molecular formula is C19H17F3N2O2. The largest absolute Gasteiger partial charge is 0.573 e. The minimum atomic E-state index is -4.71. The number of hydrogen-bond donors (Lipinski definition) is 0. The fourth-order valence-corrected chi connectivity index (χ4v) is 3.41. The fourth-order valence-electron chi connectivity index (χ4n) is 3.41. The molecule has 0 bridgehead atoms. The molecule has 7 heteroatoms. The number of rotatable bonds is 4. The van der Waals surface area contributed by atoms with Crippen LogP contribution < -0.4 is 9.47 Å². The third kappa shape index (κ3) is 3.61. The average Bonchev–Trinajstić information content (AvgIpc) is 3.26. The van der Waals surface area contributed by atoms with Crippen LogP contribution in [0.5, 0.6) is 17.4 Å². The highest BCUT2D eigenvalue weighted by atomic mass is 19.4. The molecule has 0 N–H and O–H groups in total. The van der Waals surface area contributed by atoms with Crippen molar-refractivity contribution in [2.24, 2.45) is 0 Å². The summed E-state index contributed by atoms with van der Waals surface area (Å²) in [4.78, 5) is 4.35. The molecule has 2 aromatic heterocycles. The van der Waals surface area contributed by atoms with Crippen LogP contribution in [0, 0.1) is 0 Å². The molecule has 0 aliphatic heterocycles. The Labute approximate surface area is 148 Å². The number of alkyl halides is 3. The quantitative estimate of drug-likeness (QED) is 0.599. The Morgan fingerprint density at radius 1 is 1.00 bits per heavy atom. The van der Waals surface area contributed by atoms with E-state index in [1.54, 1.807) is 12.4 Å². The molecule has 0 unspecified atom stereocenters. The van der Waals surface area contributed by atoms with E-state index in [0.717, 1.165) is 18.5 Å². The lowest BCUT2D eigenvalue weighted by molar-refractivity contribution is -0.274. The molecule has 0 radical (unpaired) electrons. The molecule has 0 saturated heterocycles. The Balaban J connectivity index is 1.61. The second kappa shape index (κ2) is 6.55. The van der Waals surface area contributed by atoms with Crippen molar-refractivity contribution >= 4 is 5.65 Å². The number of imidazole rings is 1. The summed E-state index contributed by atoms with van der Waals surface area (Å²) < 4.78 is 48.4. The molecule has 0 atom stereocenters. The maximum absolute atomic E-state index is 12.3. The second-order valence-electron chi connectivity index (χ2n) is 6.39. The number of pyridine rings is 1. The van der Waals surface area contributed by atoms with Gasteiger partial charge in [0.05, 0.1) is 0 Å². The van der Waals surface area contributed by atoms with Crippen LogP contribution in [0.3, 0.4) is 0 Å². The highest BCUT2D eigenvalue weighted by Crippen LogP contribution is 2.37. The predicted octanol–water partition coefficient (Wildman–Crippen LogP) is 5.68. The summed E-state index contributed by atoms with van der Waals surface area (Å²) in [6, 6.07) is 9.43. The Hall–Kier alpha value is -2.70. The van der Waals surface area contributed by atoms with Crippen molar-refractivity contribution in [2.75, 3.05) is 0 Å². The van der Waals surface area contributed by atoms with Gasteiger partial charge in [-0.2, -0.15) is 0 Å². The summed E-state index contributed by atoms with van der Waals surface area (Å²) in [5.74, 6) is 1.24. The first-order chi connectivity index (χ1) is 12.5. The Bertz CT molecular complexity index is 897. The van der Waals surface area contributed by atoms with Crippen LogP contribution in [0.25, 0.3) is 5.65 Å². The standard InChI is InChI=1S/C19H17F3N2O2/c20-19(21,22)26-16-7-5-15(6-8-16)25-18-12-14(13-3-1-2-4-13)11-17-23-9-10-24(17)18/h5-13H,1-4H2. The molecule has 3 aromatic rings. The molecule has 26 heavy (non-hydrogen) atoms. The smallest absolute Gasteiger partial charge is 0.440 e. The summed E-state index contributed by atoms with van der Waals surface area (Å²) in [5.41, 5.74) is 1.98. The van der Waals surface area contributed by atoms with Crippen LogP contribution in [-0.4, -0.2) is 15.7 Å². The molecule has 4 nitrogen and oxygen atoms in total. The number of ether oxygens (including phenoxy) is 2. The molecule has 1 aliphatic carbocycles. The van der Waals surface area contributed by atoms with Gasteiger partial charge in [0.25, 0.3) is 0 Å². The lowest BCUT2D eigenvalue weighted by Crippen LogP contribution is -2.16. The van der Waals surface area contributed by atoms with Crippen molar-refractivity contribution in [1.29, 1.82) is 0 Å². The van der Waals surface area contributed by atoms with E-state index in [1.807, 2.05) is 10.5 Å². The van der Waals surface area contributed by atoms with E-state index in [9.17, 15) is 13.2 Å². The number of halogens is 3. The van der Waals surface area contributed by atoms with Crippen molar-refractivity contribution in [3.8, 4) is 17.4 Å². The lowest BCUT2D eigenvalue weighted by Gasteiger charge is -2.14. The monoisotopic (exact) mass is 362 g/mol. The number of benzene rings is 1. The van der Waals surface area contributed by atoms with Crippen LogP contribution in [0.15, 0.2) is 48.8 Å². The van der Waals surface area contributed by atoms with E-state index < -0.39 is 6.36 Å². The third-order valence-electron chi connectivity index (χ3n) is 4.60. The zero-order valence-electron chi connectivity index (χ0n) is 13.9. The van der Waals surface area contributed by atoms with Crippen molar-refractivity contribution in [1.82, 2.24) is 9.38 Å². The maximum atomic E-state index is 12.3. The van der Waals surface area contributed by atoms with Gasteiger partial charge in [-0.1, -0.05) is 12.8 Å². The normalized spacial score (nSPS) is 15.5. The van der Waals surface area contributed by atoms with Crippen LogP contribution in [0.4, 0.5) is 13.2 Å². The molecule has 1 aromatic carbocycles. The molecule has 136 valence electrons. The summed E-state index contributed by atoms with van der Waals surface area (Å²) >= 11 is 0.